The second-order valence-corrected chi connectivity index (χ2v) is 5.13. The van der Waals surface area contributed by atoms with Crippen LogP contribution in [0.1, 0.15) is 24.8 Å². The number of rotatable bonds is 2. The maximum absolute atomic E-state index is 13.7. The molecule has 0 spiro atoms. The summed E-state index contributed by atoms with van der Waals surface area (Å²) < 4.78 is 13.7. The molecule has 4 heteroatoms. The Morgan fingerprint density at radius 1 is 1.71 bits per heavy atom. The van der Waals surface area contributed by atoms with Gasteiger partial charge < -0.3 is 0 Å². The minimum atomic E-state index is -1.00. The molecule has 1 fully saturated rings. The van der Waals surface area contributed by atoms with Gasteiger partial charge in [0.05, 0.1) is 6.54 Å². The maximum atomic E-state index is 13.7. The molecule has 1 unspecified atom stereocenters. The van der Waals surface area contributed by atoms with E-state index in [1.54, 1.807) is 24.5 Å². The molecule has 1 aliphatic rings. The molecule has 0 saturated carbocycles. The van der Waals surface area contributed by atoms with Crippen LogP contribution in [0, 0.1) is 0 Å². The van der Waals surface area contributed by atoms with Crippen LogP contribution >= 0.6 is 11.3 Å². The summed E-state index contributed by atoms with van der Waals surface area (Å²) in [7, 11) is 0. The van der Waals surface area contributed by atoms with E-state index in [9.17, 15) is 4.39 Å². The summed E-state index contributed by atoms with van der Waals surface area (Å²) in [4.78, 5) is 6.37. The molecule has 78 valence electrons. The molecule has 1 atom stereocenters. The fourth-order valence-corrected chi connectivity index (χ4v) is 2.61. The summed E-state index contributed by atoms with van der Waals surface area (Å²) in [5, 5.41) is 3.05. The highest BCUT2D eigenvalue weighted by atomic mass is 32.1. The van der Waals surface area contributed by atoms with E-state index in [2.05, 4.69) is 9.88 Å². The van der Waals surface area contributed by atoms with Gasteiger partial charge in [-0.3, -0.25) is 4.90 Å². The molecule has 0 bridgehead atoms. The van der Waals surface area contributed by atoms with Crippen molar-refractivity contribution >= 4 is 11.3 Å². The van der Waals surface area contributed by atoms with E-state index in [1.807, 2.05) is 5.38 Å². The van der Waals surface area contributed by atoms with Crippen molar-refractivity contribution in [1.82, 2.24) is 9.88 Å². The highest BCUT2D eigenvalue weighted by Gasteiger charge is 2.30. The van der Waals surface area contributed by atoms with Gasteiger partial charge in [0, 0.05) is 18.1 Å². The van der Waals surface area contributed by atoms with E-state index in [1.165, 1.54) is 0 Å². The van der Waals surface area contributed by atoms with E-state index < -0.39 is 5.67 Å². The lowest BCUT2D eigenvalue weighted by Crippen LogP contribution is -2.42. The van der Waals surface area contributed by atoms with Crippen LogP contribution in [0.15, 0.2) is 11.6 Å². The second-order valence-electron chi connectivity index (χ2n) is 4.15. The molecular weight excluding hydrogens is 199 g/mol. The Balaban J connectivity index is 1.92. The Morgan fingerprint density at radius 2 is 2.57 bits per heavy atom. The van der Waals surface area contributed by atoms with E-state index in [-0.39, 0.29) is 0 Å². The van der Waals surface area contributed by atoms with E-state index in [4.69, 9.17) is 0 Å². The summed E-state index contributed by atoms with van der Waals surface area (Å²) in [5.74, 6) is 0. The molecule has 1 aromatic heterocycles. The number of nitrogens with zero attached hydrogens (tertiary/aromatic N) is 2. The molecule has 0 radical (unpaired) electrons. The minimum absolute atomic E-state index is 0.548. The molecule has 0 amide bonds. The van der Waals surface area contributed by atoms with Gasteiger partial charge in [0.1, 0.15) is 10.7 Å². The van der Waals surface area contributed by atoms with Crippen LogP contribution in [0.4, 0.5) is 4.39 Å². The highest BCUT2D eigenvalue weighted by molar-refractivity contribution is 7.09. The molecular formula is C10H15FN2S. The Kier molecular flexibility index (Phi) is 2.83. The molecule has 2 heterocycles. The third-order valence-electron chi connectivity index (χ3n) is 2.57. The first kappa shape index (κ1) is 10.1. The van der Waals surface area contributed by atoms with Crippen molar-refractivity contribution in [2.24, 2.45) is 0 Å². The molecule has 1 aromatic rings. The van der Waals surface area contributed by atoms with Crippen molar-refractivity contribution in [2.75, 3.05) is 13.1 Å². The van der Waals surface area contributed by atoms with Crippen LogP contribution < -0.4 is 0 Å². The van der Waals surface area contributed by atoms with Crippen molar-refractivity contribution < 1.29 is 4.39 Å². The smallest absolute Gasteiger partial charge is 0.120 e. The number of aromatic nitrogens is 1. The highest BCUT2D eigenvalue weighted by Crippen LogP contribution is 2.25. The molecule has 1 aliphatic heterocycles. The fraction of sp³-hybridized carbons (Fsp3) is 0.700. The first-order chi connectivity index (χ1) is 6.66. The van der Waals surface area contributed by atoms with Gasteiger partial charge in [-0.05, 0) is 26.3 Å². The molecule has 2 rings (SSSR count). The van der Waals surface area contributed by atoms with Crippen molar-refractivity contribution in [1.29, 1.82) is 0 Å². The van der Waals surface area contributed by atoms with Gasteiger partial charge in [0.25, 0.3) is 0 Å². The summed E-state index contributed by atoms with van der Waals surface area (Å²) in [6.45, 7) is 4.05. The zero-order valence-corrected chi connectivity index (χ0v) is 9.19. The van der Waals surface area contributed by atoms with Crippen molar-refractivity contribution in [3.05, 3.63) is 16.6 Å². The molecule has 1 saturated heterocycles. The predicted octanol–water partition coefficient (Wildman–Crippen LogP) is 2.47. The summed E-state index contributed by atoms with van der Waals surface area (Å²) in [6.07, 6.45) is 3.46. The zero-order valence-electron chi connectivity index (χ0n) is 8.37. The average molecular weight is 214 g/mol. The lowest BCUT2D eigenvalue weighted by Gasteiger charge is -2.34. The van der Waals surface area contributed by atoms with Gasteiger partial charge >= 0.3 is 0 Å². The first-order valence-electron chi connectivity index (χ1n) is 4.95. The quantitative estimate of drug-likeness (QED) is 0.752. The van der Waals surface area contributed by atoms with Gasteiger partial charge in [-0.1, -0.05) is 0 Å². The SMILES string of the molecule is CC1(F)CCCN(Cc2nccs2)C1. The van der Waals surface area contributed by atoms with Gasteiger partial charge in [-0.15, -0.1) is 11.3 Å². The van der Waals surface area contributed by atoms with Crippen molar-refractivity contribution in [3.8, 4) is 0 Å². The van der Waals surface area contributed by atoms with Gasteiger partial charge in [-0.2, -0.15) is 0 Å². The molecule has 14 heavy (non-hydrogen) atoms. The van der Waals surface area contributed by atoms with Crippen molar-refractivity contribution in [2.45, 2.75) is 32.0 Å². The van der Waals surface area contributed by atoms with Crippen LogP contribution in [0.25, 0.3) is 0 Å². The number of hydrogen-bond acceptors (Lipinski definition) is 3. The minimum Gasteiger partial charge on any atom is -0.294 e. The number of piperidine rings is 1. The predicted molar refractivity (Wildman–Crippen MR) is 56.1 cm³/mol. The lowest BCUT2D eigenvalue weighted by atomic mass is 9.97. The second kappa shape index (κ2) is 3.95. The van der Waals surface area contributed by atoms with Crippen LogP contribution in [-0.2, 0) is 6.54 Å². The number of alkyl halides is 1. The standard InChI is InChI=1S/C10H15FN2S/c1-10(11)3-2-5-13(8-10)7-9-12-4-6-14-9/h4,6H,2-3,5,7-8H2,1H3. The zero-order chi connectivity index (χ0) is 10.0. The Bertz CT molecular complexity index is 284. The topological polar surface area (TPSA) is 16.1 Å². The van der Waals surface area contributed by atoms with Crippen LogP contribution in [-0.4, -0.2) is 28.6 Å². The largest absolute Gasteiger partial charge is 0.294 e. The number of thiazole rings is 1. The maximum Gasteiger partial charge on any atom is 0.120 e. The number of hydrogen-bond donors (Lipinski definition) is 0. The van der Waals surface area contributed by atoms with Gasteiger partial charge in [0.2, 0.25) is 0 Å². The Labute approximate surface area is 87.8 Å². The van der Waals surface area contributed by atoms with E-state index in [0.717, 1.165) is 24.5 Å². The summed E-state index contributed by atoms with van der Waals surface area (Å²) >= 11 is 1.64. The van der Waals surface area contributed by atoms with Gasteiger partial charge in [0.15, 0.2) is 0 Å². The molecule has 2 nitrogen and oxygen atoms in total. The third kappa shape index (κ3) is 2.51. The summed E-state index contributed by atoms with van der Waals surface area (Å²) in [6, 6.07) is 0. The monoisotopic (exact) mass is 214 g/mol. The Hall–Kier alpha value is -0.480. The van der Waals surface area contributed by atoms with E-state index >= 15 is 0 Å². The van der Waals surface area contributed by atoms with Gasteiger partial charge in [-0.25, -0.2) is 9.37 Å². The molecule has 0 aromatic carbocycles. The average Bonchev–Trinajstić information content (AvgIpc) is 2.54. The molecule has 0 N–H and O–H groups in total. The molecule has 0 aliphatic carbocycles. The van der Waals surface area contributed by atoms with Crippen LogP contribution in [0.5, 0.6) is 0 Å². The fourth-order valence-electron chi connectivity index (χ4n) is 1.95. The first-order valence-corrected chi connectivity index (χ1v) is 5.83. The van der Waals surface area contributed by atoms with Crippen molar-refractivity contribution in [3.63, 3.8) is 0 Å². The normalized spacial score (nSPS) is 29.3. The van der Waals surface area contributed by atoms with E-state index in [0.29, 0.717) is 13.0 Å². The Morgan fingerprint density at radius 3 is 3.21 bits per heavy atom. The summed E-state index contributed by atoms with van der Waals surface area (Å²) in [5.41, 5.74) is -1.00. The number of halogens is 1. The third-order valence-corrected chi connectivity index (χ3v) is 3.33. The number of likely N-dealkylation sites (tertiary alicyclic amines) is 1. The van der Waals surface area contributed by atoms with Crippen LogP contribution in [0.2, 0.25) is 0 Å². The van der Waals surface area contributed by atoms with Crippen LogP contribution in [0.3, 0.4) is 0 Å². The lowest BCUT2D eigenvalue weighted by molar-refractivity contribution is 0.0563.